The molecule has 2 N–H and O–H groups in total. The Morgan fingerprint density at radius 2 is 2.27 bits per heavy atom. The van der Waals surface area contributed by atoms with Crippen LogP contribution in [0.25, 0.3) is 0 Å². The Labute approximate surface area is 69.1 Å². The van der Waals surface area contributed by atoms with Crippen LogP contribution in [0.4, 0.5) is 0 Å². The van der Waals surface area contributed by atoms with E-state index in [2.05, 4.69) is 13.8 Å². The van der Waals surface area contributed by atoms with Gasteiger partial charge >= 0.3 is 0 Å². The van der Waals surface area contributed by atoms with Gasteiger partial charge in [-0.3, -0.25) is 0 Å². The number of hydrogen-bond acceptors (Lipinski definition) is 2. The number of hydrogen-bond donors (Lipinski definition) is 1. The molecule has 1 fully saturated rings. The van der Waals surface area contributed by atoms with Gasteiger partial charge in [0, 0.05) is 12.6 Å². The molecule has 1 saturated heterocycles. The van der Waals surface area contributed by atoms with E-state index in [0.29, 0.717) is 12.0 Å². The second-order valence-electron chi connectivity index (χ2n) is 3.84. The van der Waals surface area contributed by atoms with Crippen LogP contribution in [0.1, 0.15) is 33.1 Å². The molecule has 0 aliphatic carbocycles. The highest BCUT2D eigenvalue weighted by Crippen LogP contribution is 2.18. The molecular weight excluding hydrogens is 138 g/mol. The Morgan fingerprint density at radius 3 is 2.82 bits per heavy atom. The van der Waals surface area contributed by atoms with Crippen molar-refractivity contribution in [3.8, 4) is 0 Å². The Balaban J connectivity index is 2.29. The standard InChI is InChI=1S/C9H19NO/c1-7(2)6-9-8(10)4-3-5-11-9/h7-9H,3-6,10H2,1-2H3. The Morgan fingerprint density at radius 1 is 1.55 bits per heavy atom. The van der Waals surface area contributed by atoms with E-state index in [1.807, 2.05) is 0 Å². The van der Waals surface area contributed by atoms with Crippen LogP contribution in [0.15, 0.2) is 0 Å². The highest BCUT2D eigenvalue weighted by Gasteiger charge is 2.22. The first-order chi connectivity index (χ1) is 5.20. The molecule has 0 radical (unpaired) electrons. The summed E-state index contributed by atoms with van der Waals surface area (Å²) in [5.74, 6) is 0.698. The van der Waals surface area contributed by atoms with Crippen molar-refractivity contribution in [3.05, 3.63) is 0 Å². The summed E-state index contributed by atoms with van der Waals surface area (Å²) >= 11 is 0. The zero-order valence-corrected chi connectivity index (χ0v) is 7.55. The monoisotopic (exact) mass is 157 g/mol. The minimum Gasteiger partial charge on any atom is -0.377 e. The molecule has 0 spiro atoms. The minimum atomic E-state index is 0.283. The molecule has 1 aliphatic rings. The van der Waals surface area contributed by atoms with Crippen LogP contribution in [0, 0.1) is 5.92 Å². The summed E-state index contributed by atoms with van der Waals surface area (Å²) in [4.78, 5) is 0. The number of ether oxygens (including phenoxy) is 1. The maximum absolute atomic E-state index is 5.90. The van der Waals surface area contributed by atoms with Gasteiger partial charge in [-0.25, -0.2) is 0 Å². The molecule has 1 heterocycles. The maximum atomic E-state index is 5.90. The lowest BCUT2D eigenvalue weighted by Crippen LogP contribution is -2.41. The van der Waals surface area contributed by atoms with Gasteiger partial charge in [-0.05, 0) is 25.2 Å². The Kier molecular flexibility index (Phi) is 3.34. The fourth-order valence-electron chi connectivity index (χ4n) is 1.57. The van der Waals surface area contributed by atoms with E-state index in [-0.39, 0.29) is 6.04 Å². The molecule has 2 heteroatoms. The lowest BCUT2D eigenvalue weighted by molar-refractivity contribution is -0.00983. The molecule has 2 unspecified atom stereocenters. The molecule has 2 nitrogen and oxygen atoms in total. The van der Waals surface area contributed by atoms with Gasteiger partial charge in [0.15, 0.2) is 0 Å². The van der Waals surface area contributed by atoms with Gasteiger partial charge in [0.1, 0.15) is 0 Å². The molecule has 1 rings (SSSR count). The van der Waals surface area contributed by atoms with Crippen molar-refractivity contribution in [2.24, 2.45) is 11.7 Å². The molecule has 2 atom stereocenters. The van der Waals surface area contributed by atoms with E-state index in [1.165, 1.54) is 0 Å². The van der Waals surface area contributed by atoms with Gasteiger partial charge in [0.25, 0.3) is 0 Å². The normalized spacial score (nSPS) is 32.7. The molecule has 0 aromatic rings. The number of nitrogens with two attached hydrogens (primary N) is 1. The van der Waals surface area contributed by atoms with Crippen LogP contribution in [-0.4, -0.2) is 18.8 Å². The summed E-state index contributed by atoms with van der Waals surface area (Å²) in [5.41, 5.74) is 5.90. The summed E-state index contributed by atoms with van der Waals surface area (Å²) in [6, 6.07) is 0.283. The topological polar surface area (TPSA) is 35.2 Å². The first-order valence-corrected chi connectivity index (χ1v) is 4.57. The molecule has 1 aliphatic heterocycles. The van der Waals surface area contributed by atoms with Crippen molar-refractivity contribution in [3.63, 3.8) is 0 Å². The molecule has 11 heavy (non-hydrogen) atoms. The van der Waals surface area contributed by atoms with Crippen molar-refractivity contribution in [1.82, 2.24) is 0 Å². The third-order valence-electron chi connectivity index (χ3n) is 2.19. The molecule has 0 amide bonds. The highest BCUT2D eigenvalue weighted by molar-refractivity contribution is 4.77. The van der Waals surface area contributed by atoms with Crippen molar-refractivity contribution in [2.75, 3.05) is 6.61 Å². The summed E-state index contributed by atoms with van der Waals surface area (Å²) in [7, 11) is 0. The summed E-state index contributed by atoms with van der Waals surface area (Å²) < 4.78 is 5.58. The quantitative estimate of drug-likeness (QED) is 0.660. The van der Waals surface area contributed by atoms with Crippen LogP contribution in [-0.2, 0) is 4.74 Å². The van der Waals surface area contributed by atoms with Gasteiger partial charge in [-0.2, -0.15) is 0 Å². The van der Waals surface area contributed by atoms with Crippen molar-refractivity contribution >= 4 is 0 Å². The third-order valence-corrected chi connectivity index (χ3v) is 2.19. The maximum Gasteiger partial charge on any atom is 0.0728 e. The van der Waals surface area contributed by atoms with E-state index >= 15 is 0 Å². The molecule has 66 valence electrons. The summed E-state index contributed by atoms with van der Waals surface area (Å²) in [6.45, 7) is 5.33. The average Bonchev–Trinajstić information content (AvgIpc) is 1.93. The highest BCUT2D eigenvalue weighted by atomic mass is 16.5. The van der Waals surface area contributed by atoms with Crippen LogP contribution >= 0.6 is 0 Å². The van der Waals surface area contributed by atoms with E-state index < -0.39 is 0 Å². The average molecular weight is 157 g/mol. The second-order valence-corrected chi connectivity index (χ2v) is 3.84. The van der Waals surface area contributed by atoms with Crippen molar-refractivity contribution < 1.29 is 4.74 Å². The predicted molar refractivity (Wildman–Crippen MR) is 46.4 cm³/mol. The Bertz CT molecular complexity index is 114. The van der Waals surface area contributed by atoms with E-state index in [0.717, 1.165) is 25.9 Å². The van der Waals surface area contributed by atoms with Crippen LogP contribution in [0.3, 0.4) is 0 Å². The van der Waals surface area contributed by atoms with Crippen molar-refractivity contribution in [2.45, 2.75) is 45.3 Å². The molecular formula is C9H19NO. The predicted octanol–water partition coefficient (Wildman–Crippen LogP) is 1.54. The summed E-state index contributed by atoms with van der Waals surface area (Å²) in [5, 5.41) is 0. The van der Waals surface area contributed by atoms with Gasteiger partial charge in [-0.15, -0.1) is 0 Å². The largest absolute Gasteiger partial charge is 0.377 e. The Hall–Kier alpha value is -0.0800. The van der Waals surface area contributed by atoms with Crippen LogP contribution in [0.2, 0.25) is 0 Å². The molecule has 0 bridgehead atoms. The van der Waals surface area contributed by atoms with Crippen LogP contribution < -0.4 is 5.73 Å². The van der Waals surface area contributed by atoms with E-state index in [1.54, 1.807) is 0 Å². The first kappa shape index (κ1) is 9.01. The SMILES string of the molecule is CC(C)CC1OCCCC1N. The zero-order valence-electron chi connectivity index (χ0n) is 7.55. The van der Waals surface area contributed by atoms with Gasteiger partial charge in [0.05, 0.1) is 6.10 Å². The fourth-order valence-corrected chi connectivity index (χ4v) is 1.57. The smallest absolute Gasteiger partial charge is 0.0728 e. The van der Waals surface area contributed by atoms with Gasteiger partial charge in [0.2, 0.25) is 0 Å². The summed E-state index contributed by atoms with van der Waals surface area (Å²) in [6.07, 6.45) is 3.71. The molecule has 0 aromatic heterocycles. The zero-order chi connectivity index (χ0) is 8.27. The van der Waals surface area contributed by atoms with Gasteiger partial charge < -0.3 is 10.5 Å². The van der Waals surface area contributed by atoms with E-state index in [4.69, 9.17) is 10.5 Å². The first-order valence-electron chi connectivity index (χ1n) is 4.57. The van der Waals surface area contributed by atoms with Crippen LogP contribution in [0.5, 0.6) is 0 Å². The molecule has 0 aromatic carbocycles. The fraction of sp³-hybridized carbons (Fsp3) is 1.00. The van der Waals surface area contributed by atoms with E-state index in [9.17, 15) is 0 Å². The molecule has 0 saturated carbocycles. The second kappa shape index (κ2) is 4.07. The van der Waals surface area contributed by atoms with Crippen molar-refractivity contribution in [1.29, 1.82) is 0 Å². The minimum absolute atomic E-state index is 0.283. The van der Waals surface area contributed by atoms with Gasteiger partial charge in [-0.1, -0.05) is 13.8 Å². The lowest BCUT2D eigenvalue weighted by atomic mass is 9.96. The lowest BCUT2D eigenvalue weighted by Gasteiger charge is -2.30. The third kappa shape index (κ3) is 2.80. The number of rotatable bonds is 2.